The van der Waals surface area contributed by atoms with Crippen LogP contribution in [0.2, 0.25) is 0 Å². The molecular weight excluding hydrogens is 438 g/mol. The van der Waals surface area contributed by atoms with Gasteiger partial charge in [-0.05, 0) is 46.3 Å². The van der Waals surface area contributed by atoms with E-state index in [9.17, 15) is 9.59 Å². The number of nitrogens with zero attached hydrogens (tertiary/aromatic N) is 1. The second-order valence-electron chi connectivity index (χ2n) is 5.18. The topological polar surface area (TPSA) is 84.2 Å². The number of hydrogen-bond donors (Lipinski definition) is 2. The fourth-order valence-corrected chi connectivity index (χ4v) is 4.02. The van der Waals surface area contributed by atoms with Crippen LogP contribution in [0.25, 0.3) is 17.5 Å². The second kappa shape index (κ2) is 8.43. The predicted octanol–water partition coefficient (Wildman–Crippen LogP) is 4.52. The Kier molecular flexibility index (Phi) is 6.02. The van der Waals surface area contributed by atoms with E-state index in [-0.39, 0.29) is 11.8 Å². The molecule has 2 N–H and O–H groups in total. The van der Waals surface area contributed by atoms with E-state index in [2.05, 4.69) is 31.5 Å². The Bertz CT molecular complexity index is 958. The molecule has 26 heavy (non-hydrogen) atoms. The van der Waals surface area contributed by atoms with Crippen LogP contribution in [0, 0.1) is 0 Å². The lowest BCUT2D eigenvalue weighted by Crippen LogP contribution is -2.18. The Labute approximate surface area is 166 Å². The quantitative estimate of drug-likeness (QED) is 0.539. The van der Waals surface area contributed by atoms with Crippen molar-refractivity contribution < 1.29 is 14.0 Å². The summed E-state index contributed by atoms with van der Waals surface area (Å²) >= 11 is 6.24. The molecule has 0 fully saturated rings. The number of hydrogen-bond acceptors (Lipinski definition) is 6. The third-order valence-electron chi connectivity index (χ3n) is 3.15. The van der Waals surface area contributed by atoms with Gasteiger partial charge in [0.2, 0.25) is 11.8 Å². The number of aromatic nitrogens is 1. The van der Waals surface area contributed by atoms with Crippen molar-refractivity contribution in [1.82, 2.24) is 10.3 Å². The van der Waals surface area contributed by atoms with E-state index in [1.165, 1.54) is 24.3 Å². The summed E-state index contributed by atoms with van der Waals surface area (Å²) in [6.07, 6.45) is 3.22. The summed E-state index contributed by atoms with van der Waals surface area (Å²) in [4.78, 5) is 28.3. The first kappa shape index (κ1) is 18.6. The lowest BCUT2D eigenvalue weighted by molar-refractivity contribution is -0.119. The van der Waals surface area contributed by atoms with Crippen LogP contribution in [0.15, 0.2) is 43.9 Å². The highest BCUT2D eigenvalue weighted by Gasteiger charge is 2.10. The van der Waals surface area contributed by atoms with Crippen molar-refractivity contribution in [2.75, 3.05) is 5.32 Å². The summed E-state index contributed by atoms with van der Waals surface area (Å²) in [6, 6.07) is 7.42. The van der Waals surface area contributed by atoms with Crippen molar-refractivity contribution in [2.24, 2.45) is 0 Å². The summed E-state index contributed by atoms with van der Waals surface area (Å²) in [6.45, 7) is 1.78. The van der Waals surface area contributed by atoms with Gasteiger partial charge >= 0.3 is 0 Å². The van der Waals surface area contributed by atoms with Crippen LogP contribution in [0.5, 0.6) is 0 Å². The van der Waals surface area contributed by atoms with Crippen LogP contribution in [-0.4, -0.2) is 16.8 Å². The molecule has 0 bridgehead atoms. The maximum Gasteiger partial charge on any atom is 0.250 e. The number of thiophene rings is 1. The van der Waals surface area contributed by atoms with Crippen LogP contribution < -0.4 is 10.6 Å². The second-order valence-corrected chi connectivity index (χ2v) is 8.53. The highest BCUT2D eigenvalue weighted by Crippen LogP contribution is 2.27. The fraction of sp³-hybridized carbons (Fsp3) is 0.118. The number of thiazole rings is 1. The molecule has 0 spiro atoms. The molecule has 0 radical (unpaired) electrons. The van der Waals surface area contributed by atoms with E-state index in [0.717, 1.165) is 8.66 Å². The molecule has 0 aliphatic carbocycles. The maximum absolute atomic E-state index is 12.0. The average Bonchev–Trinajstić information content (AvgIpc) is 3.31. The standard InChI is InChI=1S/C17H14BrN3O3S2/c1-10(22)19-8-11-2-5-14(24-11)13-9-25-17(20-13)21-16(23)7-4-12-3-6-15(18)26-12/h2-7,9H,8H2,1H3,(H,19,22)(H,20,21,23)/b7-4+. The molecule has 0 aromatic carbocycles. The summed E-state index contributed by atoms with van der Waals surface area (Å²) < 4.78 is 6.66. The van der Waals surface area contributed by atoms with Gasteiger partial charge in [-0.3, -0.25) is 14.9 Å². The maximum atomic E-state index is 12.0. The molecule has 0 aliphatic rings. The molecule has 134 valence electrons. The van der Waals surface area contributed by atoms with Crippen LogP contribution in [-0.2, 0) is 16.1 Å². The Morgan fingerprint density at radius 3 is 2.88 bits per heavy atom. The van der Waals surface area contributed by atoms with Gasteiger partial charge in [-0.1, -0.05) is 0 Å². The van der Waals surface area contributed by atoms with Crippen molar-refractivity contribution in [2.45, 2.75) is 13.5 Å². The normalized spacial score (nSPS) is 11.0. The van der Waals surface area contributed by atoms with E-state index in [4.69, 9.17) is 4.42 Å². The van der Waals surface area contributed by atoms with Gasteiger partial charge in [0, 0.05) is 23.3 Å². The monoisotopic (exact) mass is 451 g/mol. The molecule has 0 unspecified atom stereocenters. The van der Waals surface area contributed by atoms with Gasteiger partial charge in [0.15, 0.2) is 10.9 Å². The number of carbonyl (C=O) groups excluding carboxylic acids is 2. The van der Waals surface area contributed by atoms with Gasteiger partial charge in [-0.15, -0.1) is 22.7 Å². The summed E-state index contributed by atoms with van der Waals surface area (Å²) in [5, 5.41) is 7.69. The first-order valence-corrected chi connectivity index (χ1v) is 10.0. The van der Waals surface area contributed by atoms with Gasteiger partial charge in [0.25, 0.3) is 0 Å². The SMILES string of the molecule is CC(=O)NCc1ccc(-c2csc(NC(=O)/C=C/c3ccc(Br)s3)n2)o1. The van der Waals surface area contributed by atoms with Gasteiger partial charge < -0.3 is 9.73 Å². The van der Waals surface area contributed by atoms with Crippen LogP contribution in [0.3, 0.4) is 0 Å². The van der Waals surface area contributed by atoms with Crippen LogP contribution >= 0.6 is 38.6 Å². The Morgan fingerprint density at radius 2 is 2.15 bits per heavy atom. The van der Waals surface area contributed by atoms with Crippen molar-refractivity contribution >= 4 is 61.6 Å². The number of nitrogens with one attached hydrogen (secondary N) is 2. The zero-order valence-electron chi connectivity index (χ0n) is 13.6. The fourth-order valence-electron chi connectivity index (χ4n) is 1.99. The molecule has 2 amide bonds. The first-order valence-electron chi connectivity index (χ1n) is 7.53. The van der Waals surface area contributed by atoms with E-state index >= 15 is 0 Å². The number of rotatable bonds is 6. The highest BCUT2D eigenvalue weighted by atomic mass is 79.9. The zero-order valence-corrected chi connectivity index (χ0v) is 16.8. The highest BCUT2D eigenvalue weighted by molar-refractivity contribution is 9.11. The Morgan fingerprint density at radius 1 is 1.31 bits per heavy atom. The minimum atomic E-state index is -0.249. The molecule has 0 saturated heterocycles. The molecule has 3 aromatic rings. The van der Waals surface area contributed by atoms with E-state index in [1.807, 2.05) is 12.1 Å². The molecule has 9 heteroatoms. The summed E-state index contributed by atoms with van der Waals surface area (Å²) in [5.41, 5.74) is 0.630. The molecule has 6 nitrogen and oxygen atoms in total. The van der Waals surface area contributed by atoms with Gasteiger partial charge in [0.1, 0.15) is 11.5 Å². The lowest BCUT2D eigenvalue weighted by atomic mass is 10.3. The molecule has 0 aliphatic heterocycles. The third-order valence-corrected chi connectivity index (χ3v) is 5.50. The van der Waals surface area contributed by atoms with E-state index in [1.54, 1.807) is 34.9 Å². The number of halogens is 1. The minimum Gasteiger partial charge on any atom is -0.458 e. The number of anilines is 1. The summed E-state index contributed by atoms with van der Waals surface area (Å²) in [5.74, 6) is 0.852. The molecule has 3 aromatic heterocycles. The molecule has 0 atom stereocenters. The van der Waals surface area contributed by atoms with Crippen LogP contribution in [0.1, 0.15) is 17.6 Å². The number of amides is 2. The van der Waals surface area contributed by atoms with E-state index in [0.29, 0.717) is 28.9 Å². The third kappa shape index (κ3) is 5.13. The van der Waals surface area contributed by atoms with Crippen molar-refractivity contribution in [3.63, 3.8) is 0 Å². The van der Waals surface area contributed by atoms with Crippen molar-refractivity contribution in [1.29, 1.82) is 0 Å². The van der Waals surface area contributed by atoms with Crippen molar-refractivity contribution in [3.05, 3.63) is 50.1 Å². The molecule has 0 saturated carbocycles. The number of furan rings is 1. The Balaban J connectivity index is 1.60. The Hall–Kier alpha value is -2.23. The van der Waals surface area contributed by atoms with Gasteiger partial charge in [-0.25, -0.2) is 4.98 Å². The first-order chi connectivity index (χ1) is 12.5. The van der Waals surface area contributed by atoms with Gasteiger partial charge in [0.05, 0.1) is 10.3 Å². The minimum absolute atomic E-state index is 0.121. The van der Waals surface area contributed by atoms with Crippen LogP contribution in [0.4, 0.5) is 5.13 Å². The number of carbonyl (C=O) groups is 2. The van der Waals surface area contributed by atoms with E-state index < -0.39 is 0 Å². The largest absolute Gasteiger partial charge is 0.458 e. The average molecular weight is 452 g/mol. The smallest absolute Gasteiger partial charge is 0.250 e. The molecule has 3 heterocycles. The molecule has 3 rings (SSSR count). The zero-order chi connectivity index (χ0) is 18.5. The predicted molar refractivity (Wildman–Crippen MR) is 107 cm³/mol. The van der Waals surface area contributed by atoms with Crippen molar-refractivity contribution in [3.8, 4) is 11.5 Å². The lowest BCUT2D eigenvalue weighted by Gasteiger charge is -1.97. The van der Waals surface area contributed by atoms with Gasteiger partial charge in [-0.2, -0.15) is 0 Å². The molecular formula is C17H14BrN3O3S2. The summed E-state index contributed by atoms with van der Waals surface area (Å²) in [7, 11) is 0.